The molecule has 0 aliphatic rings. The summed E-state index contributed by atoms with van der Waals surface area (Å²) in [5.41, 5.74) is 2.41. The lowest BCUT2D eigenvalue weighted by atomic mass is 10.2. The van der Waals surface area contributed by atoms with Crippen LogP contribution in [0.15, 0.2) is 36.7 Å². The van der Waals surface area contributed by atoms with Crippen LogP contribution in [0, 0.1) is 11.6 Å². The van der Waals surface area contributed by atoms with Gasteiger partial charge in [0.25, 0.3) is 0 Å². The average molecular weight is 263 g/mol. The molecule has 100 valence electrons. The molecule has 0 fully saturated rings. The summed E-state index contributed by atoms with van der Waals surface area (Å²) in [4.78, 5) is 4.09. The van der Waals surface area contributed by atoms with Crippen LogP contribution in [0.5, 0.6) is 0 Å². The number of benzene rings is 1. The van der Waals surface area contributed by atoms with Crippen LogP contribution in [0.25, 0.3) is 0 Å². The Morgan fingerprint density at radius 1 is 1.00 bits per heavy atom. The molecule has 1 aromatic heterocycles. The molecule has 0 aliphatic carbocycles. The zero-order valence-electron chi connectivity index (χ0n) is 10.6. The first-order valence-electron chi connectivity index (χ1n) is 6.05. The molecule has 2 aromatic rings. The highest BCUT2D eigenvalue weighted by Crippen LogP contribution is 2.15. The van der Waals surface area contributed by atoms with Gasteiger partial charge in [-0.25, -0.2) is 8.78 Å². The van der Waals surface area contributed by atoms with Crippen molar-refractivity contribution in [2.45, 2.75) is 13.5 Å². The van der Waals surface area contributed by atoms with E-state index in [1.807, 2.05) is 13.0 Å². The molecule has 0 saturated heterocycles. The topological polar surface area (TPSA) is 37.0 Å². The van der Waals surface area contributed by atoms with Gasteiger partial charge < -0.3 is 10.6 Å². The number of pyridine rings is 1. The van der Waals surface area contributed by atoms with Crippen molar-refractivity contribution in [1.82, 2.24) is 4.98 Å². The van der Waals surface area contributed by atoms with Gasteiger partial charge in [0.15, 0.2) is 11.6 Å². The summed E-state index contributed by atoms with van der Waals surface area (Å²) >= 11 is 0. The Labute approximate surface area is 110 Å². The van der Waals surface area contributed by atoms with Crippen molar-refractivity contribution in [3.05, 3.63) is 53.9 Å². The summed E-state index contributed by atoms with van der Waals surface area (Å²) in [6.07, 6.45) is 3.41. The lowest BCUT2D eigenvalue weighted by molar-refractivity contribution is 0.507. The summed E-state index contributed by atoms with van der Waals surface area (Å²) in [5, 5.41) is 6.27. The van der Waals surface area contributed by atoms with E-state index in [4.69, 9.17) is 0 Å². The molecule has 0 bridgehead atoms. The summed E-state index contributed by atoms with van der Waals surface area (Å²) in [6.45, 7) is 3.23. The van der Waals surface area contributed by atoms with Gasteiger partial charge in [0.1, 0.15) is 0 Å². The zero-order chi connectivity index (χ0) is 13.7. The maximum Gasteiger partial charge on any atom is 0.159 e. The Morgan fingerprint density at radius 3 is 2.42 bits per heavy atom. The van der Waals surface area contributed by atoms with E-state index in [1.165, 1.54) is 6.07 Å². The van der Waals surface area contributed by atoms with Gasteiger partial charge in [0.2, 0.25) is 0 Å². The SMILES string of the molecule is CCNc1cncc(NCc2ccc(F)c(F)c2)c1. The lowest BCUT2D eigenvalue weighted by Gasteiger charge is -2.09. The van der Waals surface area contributed by atoms with E-state index in [0.29, 0.717) is 12.1 Å². The monoisotopic (exact) mass is 263 g/mol. The molecule has 1 aromatic carbocycles. The summed E-state index contributed by atoms with van der Waals surface area (Å²) in [6, 6.07) is 5.77. The molecule has 0 saturated carbocycles. The van der Waals surface area contributed by atoms with Crippen molar-refractivity contribution in [2.24, 2.45) is 0 Å². The summed E-state index contributed by atoms with van der Waals surface area (Å²) < 4.78 is 25.8. The predicted molar refractivity (Wildman–Crippen MR) is 72.1 cm³/mol. The van der Waals surface area contributed by atoms with Gasteiger partial charge in [-0.1, -0.05) is 6.07 Å². The van der Waals surface area contributed by atoms with E-state index in [1.54, 1.807) is 18.5 Å². The highest BCUT2D eigenvalue weighted by Gasteiger charge is 2.02. The third kappa shape index (κ3) is 3.64. The third-order valence-corrected chi connectivity index (χ3v) is 2.60. The second kappa shape index (κ2) is 6.13. The van der Waals surface area contributed by atoms with Crippen LogP contribution in [-0.4, -0.2) is 11.5 Å². The predicted octanol–water partition coefficient (Wildman–Crippen LogP) is 3.40. The van der Waals surface area contributed by atoms with Crippen LogP contribution in [0.4, 0.5) is 20.2 Å². The minimum Gasteiger partial charge on any atom is -0.384 e. The molecule has 0 spiro atoms. The highest BCUT2D eigenvalue weighted by atomic mass is 19.2. The smallest absolute Gasteiger partial charge is 0.159 e. The van der Waals surface area contributed by atoms with Crippen molar-refractivity contribution >= 4 is 11.4 Å². The maximum atomic E-state index is 13.0. The molecule has 2 rings (SSSR count). The number of hydrogen-bond donors (Lipinski definition) is 2. The number of halogens is 2. The molecule has 0 amide bonds. The number of aromatic nitrogens is 1. The Bertz CT molecular complexity index is 558. The van der Waals surface area contributed by atoms with Crippen LogP contribution in [-0.2, 0) is 6.54 Å². The Hall–Kier alpha value is -2.17. The molecule has 1 heterocycles. The minimum absolute atomic E-state index is 0.411. The van der Waals surface area contributed by atoms with E-state index in [9.17, 15) is 8.78 Å². The maximum absolute atomic E-state index is 13.0. The van der Waals surface area contributed by atoms with Crippen molar-refractivity contribution in [3.63, 3.8) is 0 Å². The average Bonchev–Trinajstić information content (AvgIpc) is 2.41. The Kier molecular flexibility index (Phi) is 4.28. The standard InChI is InChI=1S/C14H15F2N3/c1-2-18-11-6-12(9-17-8-11)19-7-10-3-4-13(15)14(16)5-10/h3-6,8-9,18-19H,2,7H2,1H3. The molecular formula is C14H15F2N3. The Morgan fingerprint density at radius 2 is 1.74 bits per heavy atom. The van der Waals surface area contributed by atoms with E-state index >= 15 is 0 Å². The molecule has 5 heteroatoms. The molecule has 0 atom stereocenters. The first kappa shape index (κ1) is 13.3. The second-order valence-corrected chi connectivity index (χ2v) is 4.09. The quantitative estimate of drug-likeness (QED) is 0.868. The van der Waals surface area contributed by atoms with Crippen LogP contribution in [0.1, 0.15) is 12.5 Å². The van der Waals surface area contributed by atoms with Crippen LogP contribution >= 0.6 is 0 Å². The first-order valence-corrected chi connectivity index (χ1v) is 6.05. The van der Waals surface area contributed by atoms with Crippen molar-refractivity contribution in [2.75, 3.05) is 17.2 Å². The molecular weight excluding hydrogens is 248 g/mol. The van der Waals surface area contributed by atoms with Crippen molar-refractivity contribution < 1.29 is 8.78 Å². The lowest BCUT2D eigenvalue weighted by Crippen LogP contribution is -2.02. The zero-order valence-corrected chi connectivity index (χ0v) is 10.6. The fourth-order valence-corrected chi connectivity index (χ4v) is 1.69. The van der Waals surface area contributed by atoms with Crippen molar-refractivity contribution in [3.8, 4) is 0 Å². The van der Waals surface area contributed by atoms with Crippen LogP contribution in [0.3, 0.4) is 0 Å². The van der Waals surface area contributed by atoms with Gasteiger partial charge >= 0.3 is 0 Å². The second-order valence-electron chi connectivity index (χ2n) is 4.09. The normalized spacial score (nSPS) is 10.3. The number of nitrogens with one attached hydrogen (secondary N) is 2. The van der Waals surface area contributed by atoms with Gasteiger partial charge in [-0.2, -0.15) is 0 Å². The number of rotatable bonds is 5. The van der Waals surface area contributed by atoms with Gasteiger partial charge in [-0.05, 0) is 30.7 Å². The number of nitrogens with zero attached hydrogens (tertiary/aromatic N) is 1. The molecule has 19 heavy (non-hydrogen) atoms. The number of hydrogen-bond acceptors (Lipinski definition) is 3. The van der Waals surface area contributed by atoms with Crippen molar-refractivity contribution in [1.29, 1.82) is 0 Å². The largest absolute Gasteiger partial charge is 0.384 e. The molecule has 3 nitrogen and oxygen atoms in total. The summed E-state index contributed by atoms with van der Waals surface area (Å²) in [5.74, 6) is -1.67. The van der Waals surface area contributed by atoms with Gasteiger partial charge in [-0.3, -0.25) is 4.98 Å². The first-order chi connectivity index (χ1) is 9.19. The molecule has 0 unspecified atom stereocenters. The van der Waals surface area contributed by atoms with E-state index in [2.05, 4.69) is 15.6 Å². The molecule has 0 radical (unpaired) electrons. The molecule has 2 N–H and O–H groups in total. The minimum atomic E-state index is -0.834. The van der Waals surface area contributed by atoms with Crippen LogP contribution in [0.2, 0.25) is 0 Å². The van der Waals surface area contributed by atoms with E-state index < -0.39 is 11.6 Å². The van der Waals surface area contributed by atoms with Gasteiger partial charge in [0.05, 0.1) is 23.8 Å². The van der Waals surface area contributed by atoms with E-state index in [-0.39, 0.29) is 0 Å². The Balaban J connectivity index is 2.01. The fourth-order valence-electron chi connectivity index (χ4n) is 1.69. The fraction of sp³-hybridized carbons (Fsp3) is 0.214. The van der Waals surface area contributed by atoms with Gasteiger partial charge in [0, 0.05) is 13.1 Å². The summed E-state index contributed by atoms with van der Waals surface area (Å²) in [7, 11) is 0. The number of anilines is 2. The highest BCUT2D eigenvalue weighted by molar-refractivity contribution is 5.54. The van der Waals surface area contributed by atoms with Gasteiger partial charge in [-0.15, -0.1) is 0 Å². The molecule has 0 aliphatic heterocycles. The van der Waals surface area contributed by atoms with Crippen LogP contribution < -0.4 is 10.6 Å². The third-order valence-electron chi connectivity index (χ3n) is 2.60. The van der Waals surface area contributed by atoms with E-state index in [0.717, 1.165) is 24.0 Å².